The van der Waals surface area contributed by atoms with E-state index in [0.29, 0.717) is 18.5 Å². The molecule has 136 valence electrons. The fourth-order valence-corrected chi connectivity index (χ4v) is 4.23. The van der Waals surface area contributed by atoms with Gasteiger partial charge in [0.25, 0.3) is 5.91 Å². The molecule has 0 aromatic carbocycles. The van der Waals surface area contributed by atoms with Crippen LogP contribution in [0.15, 0.2) is 0 Å². The monoisotopic (exact) mass is 336 g/mol. The molecule has 3 rings (SSSR count). The number of imide groups is 1. The molecule has 24 heavy (non-hydrogen) atoms. The standard InChI is InChI=1S/C18H32N4O2/c1-14(2)12-20-8-10-21(11-9-20)13-22-16(23)18(19-17(22)24)6-4-15(3)5-7-18/h14-15H,4-13H2,1-3H3,(H,19,24). The lowest BCUT2D eigenvalue weighted by Crippen LogP contribution is -2.53. The highest BCUT2D eigenvalue weighted by atomic mass is 16.2. The number of rotatable bonds is 4. The molecule has 0 aromatic rings. The van der Waals surface area contributed by atoms with Crippen molar-refractivity contribution < 1.29 is 9.59 Å². The van der Waals surface area contributed by atoms with Gasteiger partial charge in [-0.3, -0.25) is 9.69 Å². The molecule has 0 aromatic heterocycles. The maximum atomic E-state index is 12.9. The molecule has 6 heteroatoms. The summed E-state index contributed by atoms with van der Waals surface area (Å²) in [6.45, 7) is 12.2. The number of nitrogens with zero attached hydrogens (tertiary/aromatic N) is 3. The van der Waals surface area contributed by atoms with Gasteiger partial charge in [-0.25, -0.2) is 9.69 Å². The Morgan fingerprint density at radius 2 is 1.67 bits per heavy atom. The van der Waals surface area contributed by atoms with E-state index in [2.05, 4.69) is 35.9 Å². The topological polar surface area (TPSA) is 55.9 Å². The van der Waals surface area contributed by atoms with Crippen molar-refractivity contribution >= 4 is 11.9 Å². The Balaban J connectivity index is 1.54. The zero-order valence-electron chi connectivity index (χ0n) is 15.4. The summed E-state index contributed by atoms with van der Waals surface area (Å²) in [5, 5.41) is 3.01. The van der Waals surface area contributed by atoms with Crippen LogP contribution in [-0.2, 0) is 4.79 Å². The van der Waals surface area contributed by atoms with Crippen LogP contribution in [-0.4, -0.2) is 71.6 Å². The number of carbonyl (C=O) groups is 2. The summed E-state index contributed by atoms with van der Waals surface area (Å²) in [7, 11) is 0. The van der Waals surface area contributed by atoms with Crippen LogP contribution in [0.1, 0.15) is 46.5 Å². The molecule has 2 aliphatic heterocycles. The average Bonchev–Trinajstić information content (AvgIpc) is 2.76. The van der Waals surface area contributed by atoms with Gasteiger partial charge in [0.15, 0.2) is 0 Å². The molecule has 2 saturated heterocycles. The highest BCUT2D eigenvalue weighted by molar-refractivity contribution is 6.07. The van der Waals surface area contributed by atoms with Crippen LogP contribution in [0.25, 0.3) is 0 Å². The summed E-state index contributed by atoms with van der Waals surface area (Å²) >= 11 is 0. The molecular weight excluding hydrogens is 304 g/mol. The van der Waals surface area contributed by atoms with Gasteiger partial charge in [-0.1, -0.05) is 20.8 Å². The van der Waals surface area contributed by atoms with E-state index in [1.165, 1.54) is 4.90 Å². The maximum absolute atomic E-state index is 12.9. The molecule has 1 saturated carbocycles. The fraction of sp³-hybridized carbons (Fsp3) is 0.889. The zero-order chi connectivity index (χ0) is 17.3. The molecule has 0 atom stereocenters. The second kappa shape index (κ2) is 7.00. The highest BCUT2D eigenvalue weighted by Crippen LogP contribution is 2.36. The van der Waals surface area contributed by atoms with E-state index in [0.717, 1.165) is 58.4 Å². The van der Waals surface area contributed by atoms with Crippen LogP contribution in [0.5, 0.6) is 0 Å². The van der Waals surface area contributed by atoms with E-state index in [4.69, 9.17) is 0 Å². The lowest BCUT2D eigenvalue weighted by atomic mass is 9.77. The minimum absolute atomic E-state index is 0.00371. The van der Waals surface area contributed by atoms with Crippen molar-refractivity contribution in [2.24, 2.45) is 11.8 Å². The lowest BCUT2D eigenvalue weighted by Gasteiger charge is -2.37. The second-order valence-electron chi connectivity index (χ2n) is 8.38. The molecule has 1 aliphatic carbocycles. The zero-order valence-corrected chi connectivity index (χ0v) is 15.4. The predicted octanol–water partition coefficient (Wildman–Crippen LogP) is 1.72. The van der Waals surface area contributed by atoms with E-state index in [-0.39, 0.29) is 11.9 Å². The summed E-state index contributed by atoms with van der Waals surface area (Å²) in [6.07, 6.45) is 3.62. The molecule has 0 bridgehead atoms. The Hall–Kier alpha value is -1.14. The number of amides is 3. The van der Waals surface area contributed by atoms with Crippen LogP contribution in [0, 0.1) is 11.8 Å². The SMILES string of the molecule is CC(C)CN1CCN(CN2C(=O)NC3(CCC(C)CC3)C2=O)CC1. The average molecular weight is 336 g/mol. The van der Waals surface area contributed by atoms with E-state index in [1.807, 2.05) is 0 Å². The van der Waals surface area contributed by atoms with Gasteiger partial charge in [0.05, 0.1) is 6.67 Å². The highest BCUT2D eigenvalue weighted by Gasteiger charge is 2.52. The number of urea groups is 1. The third-order valence-electron chi connectivity index (χ3n) is 5.80. The third-order valence-corrected chi connectivity index (χ3v) is 5.80. The first-order valence-electron chi connectivity index (χ1n) is 9.48. The summed E-state index contributed by atoms with van der Waals surface area (Å²) in [4.78, 5) is 31.4. The minimum atomic E-state index is -0.608. The van der Waals surface area contributed by atoms with Gasteiger partial charge in [0, 0.05) is 32.7 Å². The van der Waals surface area contributed by atoms with E-state index in [1.54, 1.807) is 0 Å². The third kappa shape index (κ3) is 3.59. The molecule has 3 aliphatic rings. The van der Waals surface area contributed by atoms with Crippen molar-refractivity contribution in [2.45, 2.75) is 52.0 Å². The Kier molecular flexibility index (Phi) is 5.16. The number of hydrogen-bond acceptors (Lipinski definition) is 4. The number of nitrogens with one attached hydrogen (secondary N) is 1. The first-order valence-corrected chi connectivity index (χ1v) is 9.48. The molecule has 3 fully saturated rings. The van der Waals surface area contributed by atoms with E-state index < -0.39 is 5.54 Å². The second-order valence-corrected chi connectivity index (χ2v) is 8.38. The van der Waals surface area contributed by atoms with Crippen molar-refractivity contribution in [3.8, 4) is 0 Å². The fourth-order valence-electron chi connectivity index (χ4n) is 4.23. The lowest BCUT2D eigenvalue weighted by molar-refractivity contribution is -0.134. The van der Waals surface area contributed by atoms with Gasteiger partial charge in [0.2, 0.25) is 0 Å². The molecule has 0 radical (unpaired) electrons. The first-order chi connectivity index (χ1) is 11.4. The summed E-state index contributed by atoms with van der Waals surface area (Å²) < 4.78 is 0. The number of carbonyl (C=O) groups excluding carboxylic acids is 2. The molecule has 2 heterocycles. The first kappa shape index (κ1) is 17.7. The van der Waals surface area contributed by atoms with Crippen molar-refractivity contribution in [3.63, 3.8) is 0 Å². The normalized spacial score (nSPS) is 32.8. The van der Waals surface area contributed by atoms with Gasteiger partial charge < -0.3 is 10.2 Å². The Bertz CT molecular complexity index is 477. The van der Waals surface area contributed by atoms with Crippen LogP contribution in [0.4, 0.5) is 4.79 Å². The molecular formula is C18H32N4O2. The van der Waals surface area contributed by atoms with Crippen molar-refractivity contribution in [1.82, 2.24) is 20.0 Å². The van der Waals surface area contributed by atoms with Gasteiger partial charge in [-0.2, -0.15) is 0 Å². The Labute approximate surface area is 145 Å². The largest absolute Gasteiger partial charge is 0.326 e. The van der Waals surface area contributed by atoms with E-state index >= 15 is 0 Å². The van der Waals surface area contributed by atoms with E-state index in [9.17, 15) is 9.59 Å². The molecule has 3 amide bonds. The Morgan fingerprint density at radius 3 is 2.25 bits per heavy atom. The minimum Gasteiger partial charge on any atom is -0.323 e. The summed E-state index contributed by atoms with van der Waals surface area (Å²) in [5.74, 6) is 1.34. The van der Waals surface area contributed by atoms with Crippen molar-refractivity contribution in [1.29, 1.82) is 0 Å². The van der Waals surface area contributed by atoms with Crippen LogP contribution in [0.2, 0.25) is 0 Å². The molecule has 6 nitrogen and oxygen atoms in total. The number of hydrogen-bond donors (Lipinski definition) is 1. The van der Waals surface area contributed by atoms with Crippen LogP contribution in [0.3, 0.4) is 0 Å². The smallest absolute Gasteiger partial charge is 0.323 e. The van der Waals surface area contributed by atoms with Gasteiger partial charge in [0.1, 0.15) is 5.54 Å². The van der Waals surface area contributed by atoms with Gasteiger partial charge in [-0.05, 0) is 37.5 Å². The number of piperazine rings is 1. The summed E-state index contributed by atoms with van der Waals surface area (Å²) in [5.41, 5.74) is -0.608. The quantitative estimate of drug-likeness (QED) is 0.794. The van der Waals surface area contributed by atoms with Crippen LogP contribution < -0.4 is 5.32 Å². The Morgan fingerprint density at radius 1 is 1.08 bits per heavy atom. The van der Waals surface area contributed by atoms with Crippen LogP contribution >= 0.6 is 0 Å². The molecule has 1 N–H and O–H groups in total. The molecule has 1 spiro atoms. The summed E-state index contributed by atoms with van der Waals surface area (Å²) in [6, 6.07) is -0.195. The van der Waals surface area contributed by atoms with Gasteiger partial charge >= 0.3 is 6.03 Å². The predicted molar refractivity (Wildman–Crippen MR) is 93.5 cm³/mol. The maximum Gasteiger partial charge on any atom is 0.326 e. The van der Waals surface area contributed by atoms with Crippen molar-refractivity contribution in [2.75, 3.05) is 39.4 Å². The molecule has 0 unspecified atom stereocenters. The van der Waals surface area contributed by atoms with Gasteiger partial charge in [-0.15, -0.1) is 0 Å². The van der Waals surface area contributed by atoms with Crippen molar-refractivity contribution in [3.05, 3.63) is 0 Å².